The fourth-order valence-electron chi connectivity index (χ4n) is 2.89. The summed E-state index contributed by atoms with van der Waals surface area (Å²) < 4.78 is 1.85. The van der Waals surface area contributed by atoms with Crippen LogP contribution in [0.2, 0.25) is 0 Å². The Labute approximate surface area is 125 Å². The molecule has 0 radical (unpaired) electrons. The van der Waals surface area contributed by atoms with Gasteiger partial charge in [0, 0.05) is 19.3 Å². The van der Waals surface area contributed by atoms with Gasteiger partial charge in [-0.05, 0) is 24.0 Å². The molecule has 110 valence electrons. The van der Waals surface area contributed by atoms with E-state index in [0.717, 1.165) is 37.3 Å². The molecule has 3 heterocycles. The number of anilines is 1. The zero-order chi connectivity index (χ0) is 15.0. The Bertz CT molecular complexity index is 706. The lowest BCUT2D eigenvalue weighted by Gasteiger charge is -2.32. The van der Waals surface area contributed by atoms with E-state index in [1.54, 1.807) is 0 Å². The predicted molar refractivity (Wildman–Crippen MR) is 84.9 cm³/mol. The Morgan fingerprint density at radius 3 is 2.71 bits per heavy atom. The maximum Gasteiger partial charge on any atom is 0.170 e. The third kappa shape index (κ3) is 2.46. The Morgan fingerprint density at radius 1 is 1.29 bits per heavy atom. The fraction of sp³-hybridized carbons (Fsp3) is 0.412. The van der Waals surface area contributed by atoms with Crippen molar-refractivity contribution >= 4 is 17.8 Å². The highest BCUT2D eigenvalue weighted by molar-refractivity contribution is 5.83. The summed E-state index contributed by atoms with van der Waals surface area (Å²) in [5.41, 5.74) is 3.16. The van der Waals surface area contributed by atoms with Crippen LogP contribution in [0.3, 0.4) is 0 Å². The highest BCUT2D eigenvalue weighted by atomic mass is 16.1. The monoisotopic (exact) mass is 283 g/mol. The lowest BCUT2D eigenvalue weighted by atomic mass is 9.83. The van der Waals surface area contributed by atoms with Gasteiger partial charge >= 0.3 is 0 Å². The Kier molecular flexibility index (Phi) is 3.32. The SMILES string of the molecule is CC(C)(C)C1=CCN(c2nc3ccccn3c2C=O)CC1. The predicted octanol–water partition coefficient (Wildman–Crippen LogP) is 3.33. The van der Waals surface area contributed by atoms with Gasteiger partial charge in [-0.2, -0.15) is 0 Å². The van der Waals surface area contributed by atoms with E-state index in [0.29, 0.717) is 5.69 Å². The Morgan fingerprint density at radius 2 is 2.10 bits per heavy atom. The van der Waals surface area contributed by atoms with E-state index in [-0.39, 0.29) is 5.41 Å². The van der Waals surface area contributed by atoms with Crippen molar-refractivity contribution in [2.45, 2.75) is 27.2 Å². The number of pyridine rings is 1. The standard InChI is InChI=1S/C17H21N3O/c1-17(2,3)13-7-10-19(11-8-13)16-14(12-21)20-9-5-4-6-15(20)18-16/h4-7,9,12H,8,10-11H2,1-3H3. The summed E-state index contributed by atoms with van der Waals surface area (Å²) >= 11 is 0. The zero-order valence-corrected chi connectivity index (χ0v) is 12.8. The van der Waals surface area contributed by atoms with Crippen molar-refractivity contribution in [2.24, 2.45) is 5.41 Å². The van der Waals surface area contributed by atoms with Crippen LogP contribution < -0.4 is 4.90 Å². The van der Waals surface area contributed by atoms with Crippen molar-refractivity contribution < 1.29 is 4.79 Å². The van der Waals surface area contributed by atoms with Crippen LogP contribution in [-0.2, 0) is 0 Å². The number of nitrogens with zero attached hydrogens (tertiary/aromatic N) is 3. The first kappa shape index (κ1) is 13.9. The second-order valence-corrected chi connectivity index (χ2v) is 6.54. The average Bonchev–Trinajstić information content (AvgIpc) is 2.85. The van der Waals surface area contributed by atoms with Crippen LogP contribution in [0.4, 0.5) is 5.82 Å². The Hall–Kier alpha value is -2.10. The first-order valence-corrected chi connectivity index (χ1v) is 7.37. The van der Waals surface area contributed by atoms with Gasteiger partial charge in [0.1, 0.15) is 11.3 Å². The van der Waals surface area contributed by atoms with E-state index >= 15 is 0 Å². The van der Waals surface area contributed by atoms with Crippen LogP contribution in [0.5, 0.6) is 0 Å². The van der Waals surface area contributed by atoms with Gasteiger partial charge in [0.15, 0.2) is 12.1 Å². The minimum atomic E-state index is 0.221. The van der Waals surface area contributed by atoms with Crippen molar-refractivity contribution in [3.05, 3.63) is 41.7 Å². The molecular weight excluding hydrogens is 262 g/mol. The second-order valence-electron chi connectivity index (χ2n) is 6.54. The molecule has 0 unspecified atom stereocenters. The lowest BCUT2D eigenvalue weighted by Crippen LogP contribution is -2.32. The number of rotatable bonds is 2. The normalized spacial score (nSPS) is 16.1. The fourth-order valence-corrected chi connectivity index (χ4v) is 2.89. The van der Waals surface area contributed by atoms with Gasteiger partial charge < -0.3 is 4.90 Å². The van der Waals surface area contributed by atoms with E-state index in [2.05, 4.69) is 36.7 Å². The summed E-state index contributed by atoms with van der Waals surface area (Å²) in [6.45, 7) is 8.47. The average molecular weight is 283 g/mol. The molecule has 3 rings (SSSR count). The third-order valence-corrected chi connectivity index (χ3v) is 4.13. The number of hydrogen-bond donors (Lipinski definition) is 0. The number of aldehydes is 1. The van der Waals surface area contributed by atoms with Crippen LogP contribution in [0.25, 0.3) is 5.65 Å². The first-order chi connectivity index (χ1) is 10.0. The van der Waals surface area contributed by atoms with Gasteiger partial charge in [0.05, 0.1) is 0 Å². The van der Waals surface area contributed by atoms with Gasteiger partial charge in [-0.25, -0.2) is 4.98 Å². The van der Waals surface area contributed by atoms with Crippen molar-refractivity contribution in [3.63, 3.8) is 0 Å². The molecule has 0 aliphatic carbocycles. The molecule has 0 bridgehead atoms. The minimum absolute atomic E-state index is 0.221. The lowest BCUT2D eigenvalue weighted by molar-refractivity contribution is 0.111. The molecule has 4 nitrogen and oxygen atoms in total. The first-order valence-electron chi connectivity index (χ1n) is 7.37. The topological polar surface area (TPSA) is 37.6 Å². The number of carbonyl (C=O) groups is 1. The van der Waals surface area contributed by atoms with Gasteiger partial charge in [-0.15, -0.1) is 0 Å². The van der Waals surface area contributed by atoms with Crippen molar-refractivity contribution in [3.8, 4) is 0 Å². The molecule has 0 aromatic carbocycles. The maximum absolute atomic E-state index is 11.5. The Balaban J connectivity index is 1.96. The molecule has 0 spiro atoms. The molecule has 0 atom stereocenters. The quantitative estimate of drug-likeness (QED) is 0.626. The molecule has 2 aromatic heterocycles. The number of fused-ring (bicyclic) bond motifs is 1. The van der Waals surface area contributed by atoms with Gasteiger partial charge in [-0.3, -0.25) is 9.20 Å². The van der Waals surface area contributed by atoms with Gasteiger partial charge in [0.2, 0.25) is 0 Å². The van der Waals surface area contributed by atoms with Crippen LogP contribution in [0.1, 0.15) is 37.7 Å². The molecular formula is C17H21N3O. The molecule has 2 aromatic rings. The largest absolute Gasteiger partial charge is 0.351 e. The van der Waals surface area contributed by atoms with E-state index in [1.807, 2.05) is 28.8 Å². The molecule has 1 aliphatic heterocycles. The zero-order valence-electron chi connectivity index (χ0n) is 12.8. The summed E-state index contributed by atoms with van der Waals surface area (Å²) in [5.74, 6) is 0.792. The van der Waals surface area contributed by atoms with E-state index in [1.165, 1.54) is 5.57 Å². The molecule has 0 saturated carbocycles. The van der Waals surface area contributed by atoms with Crippen molar-refractivity contribution in [2.75, 3.05) is 18.0 Å². The highest BCUT2D eigenvalue weighted by Gasteiger charge is 2.24. The molecule has 21 heavy (non-hydrogen) atoms. The van der Waals surface area contributed by atoms with Crippen molar-refractivity contribution in [1.82, 2.24) is 9.38 Å². The molecule has 4 heteroatoms. The summed E-state index contributed by atoms with van der Waals surface area (Å²) in [6.07, 6.45) is 6.09. The van der Waals surface area contributed by atoms with Gasteiger partial charge in [-0.1, -0.05) is 38.5 Å². The molecule has 1 aliphatic rings. The maximum atomic E-state index is 11.5. The van der Waals surface area contributed by atoms with E-state index in [4.69, 9.17) is 0 Å². The molecule has 0 amide bonds. The van der Waals surface area contributed by atoms with Crippen LogP contribution in [0, 0.1) is 5.41 Å². The van der Waals surface area contributed by atoms with Gasteiger partial charge in [0.25, 0.3) is 0 Å². The number of hydrogen-bond acceptors (Lipinski definition) is 3. The minimum Gasteiger partial charge on any atom is -0.351 e. The number of aromatic nitrogens is 2. The van der Waals surface area contributed by atoms with Crippen molar-refractivity contribution in [1.29, 1.82) is 0 Å². The smallest absolute Gasteiger partial charge is 0.170 e. The molecule has 0 fully saturated rings. The molecule has 0 N–H and O–H groups in total. The third-order valence-electron chi connectivity index (χ3n) is 4.13. The van der Waals surface area contributed by atoms with Crippen LogP contribution in [-0.4, -0.2) is 28.8 Å². The summed E-state index contributed by atoms with van der Waals surface area (Å²) in [4.78, 5) is 18.3. The summed E-state index contributed by atoms with van der Waals surface area (Å²) in [5, 5.41) is 0. The number of imidazole rings is 1. The van der Waals surface area contributed by atoms with E-state index < -0.39 is 0 Å². The van der Waals surface area contributed by atoms with Crippen LogP contribution in [0.15, 0.2) is 36.0 Å². The highest BCUT2D eigenvalue weighted by Crippen LogP contribution is 2.32. The van der Waals surface area contributed by atoms with Crippen LogP contribution >= 0.6 is 0 Å². The number of carbonyl (C=O) groups excluding carboxylic acids is 1. The summed E-state index contributed by atoms with van der Waals surface area (Å²) in [7, 11) is 0. The van der Waals surface area contributed by atoms with E-state index in [9.17, 15) is 4.79 Å². The molecule has 0 saturated heterocycles. The second kappa shape index (κ2) is 5.02. The summed E-state index contributed by atoms with van der Waals surface area (Å²) in [6, 6.07) is 5.78.